The zero-order valence-corrected chi connectivity index (χ0v) is 14.5. The van der Waals surface area contributed by atoms with Crippen LogP contribution in [0.3, 0.4) is 0 Å². The van der Waals surface area contributed by atoms with Gasteiger partial charge in [-0.25, -0.2) is 13.6 Å². The molecule has 1 amide bonds. The SMILES string of the molecule is CC(C)(C)OC(=O)NC1CCCCC1CN1CCC(F)(F)CC1. The summed E-state index contributed by atoms with van der Waals surface area (Å²) >= 11 is 0. The molecule has 134 valence electrons. The Morgan fingerprint density at radius 3 is 2.43 bits per heavy atom. The van der Waals surface area contributed by atoms with Crippen molar-refractivity contribution < 1.29 is 18.3 Å². The molecule has 2 rings (SSSR count). The van der Waals surface area contributed by atoms with Gasteiger partial charge >= 0.3 is 6.09 Å². The molecule has 1 saturated carbocycles. The van der Waals surface area contributed by atoms with E-state index in [9.17, 15) is 13.6 Å². The minimum absolute atomic E-state index is 0.0517. The number of likely N-dealkylation sites (tertiary alicyclic amines) is 1. The van der Waals surface area contributed by atoms with Gasteiger partial charge in [-0.3, -0.25) is 0 Å². The van der Waals surface area contributed by atoms with E-state index in [2.05, 4.69) is 10.2 Å². The van der Waals surface area contributed by atoms with Crippen molar-refractivity contribution in [2.24, 2.45) is 5.92 Å². The van der Waals surface area contributed by atoms with E-state index in [1.165, 1.54) is 0 Å². The normalized spacial score (nSPS) is 29.1. The highest BCUT2D eigenvalue weighted by Crippen LogP contribution is 2.30. The van der Waals surface area contributed by atoms with E-state index in [1.54, 1.807) is 0 Å². The highest BCUT2D eigenvalue weighted by molar-refractivity contribution is 5.68. The van der Waals surface area contributed by atoms with Gasteiger partial charge in [0.15, 0.2) is 0 Å². The van der Waals surface area contributed by atoms with Gasteiger partial charge in [-0.1, -0.05) is 12.8 Å². The second kappa shape index (κ2) is 7.32. The van der Waals surface area contributed by atoms with Crippen LogP contribution in [0.1, 0.15) is 59.3 Å². The van der Waals surface area contributed by atoms with Gasteiger partial charge < -0.3 is 15.0 Å². The van der Waals surface area contributed by atoms with Crippen molar-refractivity contribution >= 4 is 6.09 Å². The van der Waals surface area contributed by atoms with Crippen molar-refractivity contribution in [2.75, 3.05) is 19.6 Å². The summed E-state index contributed by atoms with van der Waals surface area (Å²) in [6, 6.07) is 0.0843. The predicted molar refractivity (Wildman–Crippen MR) is 85.7 cm³/mol. The summed E-state index contributed by atoms with van der Waals surface area (Å²) < 4.78 is 31.9. The molecule has 1 saturated heterocycles. The maximum atomic E-state index is 13.3. The molecule has 1 aliphatic heterocycles. The minimum Gasteiger partial charge on any atom is -0.444 e. The fraction of sp³-hybridized carbons (Fsp3) is 0.941. The first-order valence-corrected chi connectivity index (χ1v) is 8.74. The molecule has 0 aromatic heterocycles. The number of alkyl halides is 2. The van der Waals surface area contributed by atoms with Crippen LogP contribution in [-0.2, 0) is 4.74 Å². The molecular formula is C17H30F2N2O2. The van der Waals surface area contributed by atoms with Crippen LogP contribution in [0.25, 0.3) is 0 Å². The summed E-state index contributed by atoms with van der Waals surface area (Å²) in [6.45, 7) is 7.22. The maximum Gasteiger partial charge on any atom is 0.407 e. The number of amides is 1. The largest absolute Gasteiger partial charge is 0.444 e. The number of ether oxygens (including phenoxy) is 1. The summed E-state index contributed by atoms with van der Waals surface area (Å²) in [5.41, 5.74) is -0.507. The molecule has 2 fully saturated rings. The number of carbonyl (C=O) groups is 1. The van der Waals surface area contributed by atoms with Crippen LogP contribution in [-0.4, -0.2) is 48.2 Å². The Morgan fingerprint density at radius 2 is 1.83 bits per heavy atom. The van der Waals surface area contributed by atoms with Crippen molar-refractivity contribution in [1.82, 2.24) is 10.2 Å². The fourth-order valence-electron chi connectivity index (χ4n) is 3.47. The molecule has 2 atom stereocenters. The Labute approximate surface area is 137 Å². The third-order valence-electron chi connectivity index (χ3n) is 4.69. The highest BCUT2D eigenvalue weighted by Gasteiger charge is 2.36. The van der Waals surface area contributed by atoms with Gasteiger partial charge in [0.25, 0.3) is 5.92 Å². The number of nitrogens with zero attached hydrogens (tertiary/aromatic N) is 1. The topological polar surface area (TPSA) is 41.6 Å². The average Bonchev–Trinajstić information content (AvgIpc) is 2.41. The average molecular weight is 332 g/mol. The predicted octanol–water partition coefficient (Wildman–Crippen LogP) is 3.80. The first-order chi connectivity index (χ1) is 10.6. The third-order valence-corrected chi connectivity index (χ3v) is 4.69. The molecule has 0 bridgehead atoms. The lowest BCUT2D eigenvalue weighted by Crippen LogP contribution is -2.49. The maximum absolute atomic E-state index is 13.3. The molecule has 23 heavy (non-hydrogen) atoms. The van der Waals surface area contributed by atoms with Crippen molar-refractivity contribution in [1.29, 1.82) is 0 Å². The Bertz CT molecular complexity index is 400. The molecule has 1 aliphatic carbocycles. The summed E-state index contributed by atoms with van der Waals surface area (Å²) in [6.07, 6.45) is 3.73. The molecule has 1 heterocycles. The lowest BCUT2D eigenvalue weighted by atomic mass is 9.84. The summed E-state index contributed by atoms with van der Waals surface area (Å²) in [7, 11) is 0. The smallest absolute Gasteiger partial charge is 0.407 e. The molecule has 0 radical (unpaired) electrons. The lowest BCUT2D eigenvalue weighted by Gasteiger charge is -2.38. The molecule has 2 aliphatic rings. The number of carbonyl (C=O) groups excluding carboxylic acids is 1. The van der Waals surface area contributed by atoms with E-state index < -0.39 is 11.5 Å². The Kier molecular flexibility index (Phi) is 5.87. The van der Waals surface area contributed by atoms with E-state index in [0.717, 1.165) is 32.2 Å². The fourth-order valence-corrected chi connectivity index (χ4v) is 3.47. The van der Waals surface area contributed by atoms with Gasteiger partial charge in [0.05, 0.1) is 0 Å². The number of alkyl carbamates (subject to hydrolysis) is 1. The minimum atomic E-state index is -2.50. The van der Waals surface area contributed by atoms with Crippen molar-refractivity contribution in [3.63, 3.8) is 0 Å². The van der Waals surface area contributed by atoms with Crippen LogP contribution in [0, 0.1) is 5.92 Å². The number of hydrogen-bond donors (Lipinski definition) is 1. The third kappa shape index (κ3) is 6.24. The second-order valence-electron chi connectivity index (χ2n) is 7.95. The first kappa shape index (κ1) is 18.4. The summed E-state index contributed by atoms with van der Waals surface area (Å²) in [4.78, 5) is 14.1. The van der Waals surface area contributed by atoms with Crippen LogP contribution >= 0.6 is 0 Å². The Balaban J connectivity index is 1.85. The number of nitrogens with one attached hydrogen (secondary N) is 1. The van der Waals surface area contributed by atoms with Crippen molar-refractivity contribution in [2.45, 2.75) is 76.9 Å². The second-order valence-corrected chi connectivity index (χ2v) is 7.95. The van der Waals surface area contributed by atoms with Crippen LogP contribution in [0.5, 0.6) is 0 Å². The highest BCUT2D eigenvalue weighted by atomic mass is 19.3. The van der Waals surface area contributed by atoms with Gasteiger partial charge in [0, 0.05) is 38.5 Å². The van der Waals surface area contributed by atoms with Gasteiger partial charge in [-0.2, -0.15) is 0 Å². The van der Waals surface area contributed by atoms with Crippen LogP contribution < -0.4 is 5.32 Å². The van der Waals surface area contributed by atoms with Gasteiger partial charge in [-0.15, -0.1) is 0 Å². The van der Waals surface area contributed by atoms with Crippen LogP contribution in [0.2, 0.25) is 0 Å². The quantitative estimate of drug-likeness (QED) is 0.855. The van der Waals surface area contributed by atoms with Gasteiger partial charge in [-0.05, 0) is 39.5 Å². The number of hydrogen-bond acceptors (Lipinski definition) is 3. The number of piperidine rings is 1. The van der Waals surface area contributed by atoms with E-state index in [0.29, 0.717) is 19.0 Å². The van der Waals surface area contributed by atoms with E-state index >= 15 is 0 Å². The zero-order chi connectivity index (χ0) is 17.1. The lowest BCUT2D eigenvalue weighted by molar-refractivity contribution is -0.0587. The van der Waals surface area contributed by atoms with E-state index in [4.69, 9.17) is 4.74 Å². The van der Waals surface area contributed by atoms with Crippen molar-refractivity contribution in [3.05, 3.63) is 0 Å². The summed E-state index contributed by atoms with van der Waals surface area (Å²) in [5.74, 6) is -2.18. The molecule has 0 aromatic carbocycles. The van der Waals surface area contributed by atoms with Crippen LogP contribution in [0.4, 0.5) is 13.6 Å². The number of rotatable bonds is 3. The molecule has 1 N–H and O–H groups in total. The summed E-state index contributed by atoms with van der Waals surface area (Å²) in [5, 5.41) is 3.00. The molecule has 2 unspecified atom stereocenters. The van der Waals surface area contributed by atoms with Crippen molar-refractivity contribution in [3.8, 4) is 0 Å². The molecular weight excluding hydrogens is 302 g/mol. The van der Waals surface area contributed by atoms with Crippen LogP contribution in [0.15, 0.2) is 0 Å². The first-order valence-electron chi connectivity index (χ1n) is 8.74. The van der Waals surface area contributed by atoms with E-state index in [-0.39, 0.29) is 25.0 Å². The zero-order valence-electron chi connectivity index (χ0n) is 14.5. The van der Waals surface area contributed by atoms with Gasteiger partial charge in [0.1, 0.15) is 5.60 Å². The Morgan fingerprint density at radius 1 is 1.22 bits per heavy atom. The molecule has 4 nitrogen and oxygen atoms in total. The standard InChI is InChI=1S/C17H30F2N2O2/c1-16(2,3)23-15(22)20-14-7-5-4-6-13(14)12-21-10-8-17(18,19)9-11-21/h13-14H,4-12H2,1-3H3,(H,20,22). The molecule has 6 heteroatoms. The van der Waals surface area contributed by atoms with Gasteiger partial charge in [0.2, 0.25) is 0 Å². The molecule has 0 aromatic rings. The molecule has 0 spiro atoms. The monoisotopic (exact) mass is 332 g/mol. The van der Waals surface area contributed by atoms with E-state index in [1.807, 2.05) is 20.8 Å². The number of halogens is 2. The Hall–Kier alpha value is -0.910.